The smallest absolute Gasteiger partial charge is 0.329 e. The summed E-state index contributed by atoms with van der Waals surface area (Å²) < 4.78 is 5.82. The molecular weight excluding hydrogens is 388 g/mol. The first-order chi connectivity index (χ1) is 15.0. The van der Waals surface area contributed by atoms with Crippen LogP contribution in [-0.4, -0.2) is 16.8 Å². The number of rotatable bonds is 6. The summed E-state index contributed by atoms with van der Waals surface area (Å²) in [5, 5.41) is 2.67. The highest BCUT2D eigenvalue weighted by Crippen LogP contribution is 2.20. The molecule has 3 aromatic rings. The van der Waals surface area contributed by atoms with Crippen LogP contribution in [-0.2, 0) is 17.9 Å². The molecule has 0 aromatic heterocycles. The maximum absolute atomic E-state index is 12.7. The van der Waals surface area contributed by atoms with E-state index in [1.165, 1.54) is 10.5 Å². The van der Waals surface area contributed by atoms with E-state index in [1.54, 1.807) is 6.08 Å². The Labute approximate surface area is 182 Å². The molecule has 0 bridgehead atoms. The fourth-order valence-electron chi connectivity index (χ4n) is 3.39. The first-order valence-electron chi connectivity index (χ1n) is 10.2. The predicted molar refractivity (Wildman–Crippen MR) is 120 cm³/mol. The number of nitrogens with one attached hydrogen (secondary N) is 1. The van der Waals surface area contributed by atoms with Gasteiger partial charge in [0.15, 0.2) is 0 Å². The van der Waals surface area contributed by atoms with Gasteiger partial charge in [0.1, 0.15) is 18.1 Å². The van der Waals surface area contributed by atoms with Gasteiger partial charge in [0.2, 0.25) is 0 Å². The number of hydrogen-bond acceptors (Lipinski definition) is 3. The average molecular weight is 412 g/mol. The number of aryl methyl sites for hydroxylation is 2. The third-order valence-corrected chi connectivity index (χ3v) is 5.10. The number of hydrogen-bond donors (Lipinski definition) is 1. The highest BCUT2D eigenvalue weighted by molar-refractivity contribution is 6.13. The fraction of sp³-hybridized carbons (Fsp3) is 0.154. The zero-order valence-electron chi connectivity index (χ0n) is 17.6. The van der Waals surface area contributed by atoms with Gasteiger partial charge in [-0.05, 0) is 48.7 Å². The molecule has 1 aliphatic heterocycles. The number of carbonyl (C=O) groups is 2. The van der Waals surface area contributed by atoms with Gasteiger partial charge in [0.25, 0.3) is 5.91 Å². The number of imide groups is 1. The largest absolute Gasteiger partial charge is 0.489 e. The highest BCUT2D eigenvalue weighted by Gasteiger charge is 2.33. The van der Waals surface area contributed by atoms with Crippen LogP contribution in [0.3, 0.4) is 0 Å². The predicted octanol–water partition coefficient (Wildman–Crippen LogP) is 4.98. The second-order valence-electron chi connectivity index (χ2n) is 7.71. The number of ether oxygens (including phenoxy) is 1. The van der Waals surface area contributed by atoms with Crippen LogP contribution < -0.4 is 10.1 Å². The van der Waals surface area contributed by atoms with Crippen molar-refractivity contribution in [3.05, 3.63) is 106 Å². The summed E-state index contributed by atoms with van der Waals surface area (Å²) in [6, 6.07) is 23.0. The van der Waals surface area contributed by atoms with Crippen molar-refractivity contribution in [2.24, 2.45) is 0 Å². The summed E-state index contributed by atoms with van der Waals surface area (Å²) in [7, 11) is 0. The van der Waals surface area contributed by atoms with Gasteiger partial charge in [-0.3, -0.25) is 9.69 Å². The Kier molecular flexibility index (Phi) is 5.85. The molecule has 1 N–H and O–H groups in total. The number of benzene rings is 3. The Hall–Kier alpha value is -3.86. The Morgan fingerprint density at radius 2 is 1.61 bits per heavy atom. The number of amides is 3. The lowest BCUT2D eigenvalue weighted by molar-refractivity contribution is -0.123. The summed E-state index contributed by atoms with van der Waals surface area (Å²) >= 11 is 0. The second-order valence-corrected chi connectivity index (χ2v) is 7.71. The van der Waals surface area contributed by atoms with Crippen molar-refractivity contribution in [3.63, 3.8) is 0 Å². The summed E-state index contributed by atoms with van der Waals surface area (Å²) in [6.45, 7) is 4.77. The molecule has 3 amide bonds. The number of nitrogens with zero attached hydrogens (tertiary/aromatic N) is 1. The van der Waals surface area contributed by atoms with Gasteiger partial charge in [-0.25, -0.2) is 4.79 Å². The molecule has 3 aromatic carbocycles. The van der Waals surface area contributed by atoms with Crippen LogP contribution in [0.1, 0.15) is 27.8 Å². The van der Waals surface area contributed by atoms with Crippen LogP contribution in [0, 0.1) is 13.8 Å². The van der Waals surface area contributed by atoms with Gasteiger partial charge < -0.3 is 10.1 Å². The molecule has 1 aliphatic rings. The molecule has 1 fully saturated rings. The van der Waals surface area contributed by atoms with E-state index in [-0.39, 0.29) is 18.1 Å². The summed E-state index contributed by atoms with van der Waals surface area (Å²) in [5.74, 6) is 0.414. The maximum Gasteiger partial charge on any atom is 0.329 e. The monoisotopic (exact) mass is 412 g/mol. The van der Waals surface area contributed by atoms with Crippen LogP contribution in [0.25, 0.3) is 6.08 Å². The third-order valence-electron chi connectivity index (χ3n) is 5.10. The summed E-state index contributed by atoms with van der Waals surface area (Å²) in [6.07, 6.45) is 1.68. The Balaban J connectivity index is 1.40. The molecule has 0 unspecified atom stereocenters. The number of carbonyl (C=O) groups excluding carboxylic acids is 2. The van der Waals surface area contributed by atoms with E-state index >= 15 is 0 Å². The van der Waals surface area contributed by atoms with Crippen LogP contribution in [0.5, 0.6) is 5.75 Å². The van der Waals surface area contributed by atoms with Crippen LogP contribution in [0.15, 0.2) is 78.5 Å². The Morgan fingerprint density at radius 1 is 0.871 bits per heavy atom. The van der Waals surface area contributed by atoms with E-state index < -0.39 is 6.03 Å². The molecule has 0 atom stereocenters. The van der Waals surface area contributed by atoms with Crippen molar-refractivity contribution in [3.8, 4) is 5.75 Å². The third kappa shape index (κ3) is 5.01. The Bertz CT molecular complexity index is 1130. The van der Waals surface area contributed by atoms with Gasteiger partial charge in [-0.1, -0.05) is 71.8 Å². The van der Waals surface area contributed by atoms with E-state index in [4.69, 9.17) is 4.74 Å². The van der Waals surface area contributed by atoms with Crippen molar-refractivity contribution in [2.75, 3.05) is 0 Å². The molecule has 0 radical (unpaired) electrons. The molecule has 4 rings (SSSR count). The normalized spacial score (nSPS) is 14.8. The minimum Gasteiger partial charge on any atom is -0.489 e. The molecule has 0 spiro atoms. The van der Waals surface area contributed by atoms with E-state index in [0.29, 0.717) is 6.61 Å². The van der Waals surface area contributed by atoms with Gasteiger partial charge >= 0.3 is 6.03 Å². The SMILES string of the molecule is Cc1ccc(COc2ccc(/C=C3/NC(=O)N(Cc4cccc(C)c4)C3=O)cc2)cc1. The van der Waals surface area contributed by atoms with Gasteiger partial charge in [-0.2, -0.15) is 0 Å². The van der Waals surface area contributed by atoms with Crippen LogP contribution >= 0.6 is 0 Å². The lowest BCUT2D eigenvalue weighted by atomic mass is 10.1. The van der Waals surface area contributed by atoms with E-state index in [1.807, 2.05) is 67.6 Å². The minimum atomic E-state index is -0.407. The molecule has 1 heterocycles. The molecule has 5 heteroatoms. The quantitative estimate of drug-likeness (QED) is 0.459. The molecular formula is C26H24N2O3. The van der Waals surface area contributed by atoms with Crippen LogP contribution in [0.4, 0.5) is 4.79 Å². The molecule has 5 nitrogen and oxygen atoms in total. The molecule has 156 valence electrons. The van der Waals surface area contributed by atoms with Crippen LogP contribution in [0.2, 0.25) is 0 Å². The minimum absolute atomic E-state index is 0.246. The summed E-state index contributed by atoms with van der Waals surface area (Å²) in [5.41, 5.74) is 5.40. The zero-order chi connectivity index (χ0) is 21.8. The van der Waals surface area contributed by atoms with Crippen molar-refractivity contribution < 1.29 is 14.3 Å². The van der Waals surface area contributed by atoms with Gasteiger partial charge in [0, 0.05) is 0 Å². The second kappa shape index (κ2) is 8.88. The Morgan fingerprint density at radius 3 is 2.32 bits per heavy atom. The van der Waals surface area contributed by atoms with Crippen molar-refractivity contribution >= 4 is 18.0 Å². The first-order valence-corrected chi connectivity index (χ1v) is 10.2. The lowest BCUT2D eigenvalue weighted by Gasteiger charge is -2.12. The van der Waals surface area contributed by atoms with E-state index in [2.05, 4.69) is 24.4 Å². The molecule has 1 saturated heterocycles. The average Bonchev–Trinajstić information content (AvgIpc) is 3.02. The molecule has 31 heavy (non-hydrogen) atoms. The lowest BCUT2D eigenvalue weighted by Crippen LogP contribution is -2.30. The molecule has 0 saturated carbocycles. The fourth-order valence-corrected chi connectivity index (χ4v) is 3.39. The van der Waals surface area contributed by atoms with E-state index in [9.17, 15) is 9.59 Å². The topological polar surface area (TPSA) is 58.6 Å². The van der Waals surface area contributed by atoms with Crippen molar-refractivity contribution in [1.82, 2.24) is 10.2 Å². The zero-order valence-corrected chi connectivity index (χ0v) is 17.6. The standard InChI is InChI=1S/C26H24N2O3/c1-18-6-8-21(9-7-18)17-31-23-12-10-20(11-13-23)15-24-25(29)28(26(30)27-24)16-22-5-3-4-19(2)14-22/h3-15H,16-17H2,1-2H3,(H,27,30)/b24-15+. The first kappa shape index (κ1) is 20.4. The summed E-state index contributed by atoms with van der Waals surface area (Å²) in [4.78, 5) is 26.2. The highest BCUT2D eigenvalue weighted by atomic mass is 16.5. The van der Waals surface area contributed by atoms with Gasteiger partial charge in [-0.15, -0.1) is 0 Å². The van der Waals surface area contributed by atoms with Crippen molar-refractivity contribution in [2.45, 2.75) is 27.0 Å². The van der Waals surface area contributed by atoms with Crippen molar-refractivity contribution in [1.29, 1.82) is 0 Å². The maximum atomic E-state index is 12.7. The molecule has 0 aliphatic carbocycles. The van der Waals surface area contributed by atoms with E-state index in [0.717, 1.165) is 28.0 Å². The number of urea groups is 1. The van der Waals surface area contributed by atoms with Gasteiger partial charge in [0.05, 0.1) is 6.54 Å².